The first-order chi connectivity index (χ1) is 14.1. The van der Waals surface area contributed by atoms with E-state index in [2.05, 4.69) is 26.0 Å². The van der Waals surface area contributed by atoms with Crippen molar-refractivity contribution in [1.29, 1.82) is 0 Å². The zero-order chi connectivity index (χ0) is 21.6. The zero-order valence-corrected chi connectivity index (χ0v) is 17.1. The molecule has 1 aromatic heterocycles. The lowest BCUT2D eigenvalue weighted by Crippen LogP contribution is -2.58. The van der Waals surface area contributed by atoms with Crippen molar-refractivity contribution in [1.82, 2.24) is 30.6 Å². The summed E-state index contributed by atoms with van der Waals surface area (Å²) in [4.78, 5) is 34.9. The molecule has 4 N–H and O–H groups in total. The maximum absolute atomic E-state index is 13.1. The smallest absolute Gasteiger partial charge is 0.281 e. The Labute approximate surface area is 173 Å². The van der Waals surface area contributed by atoms with Crippen LogP contribution in [0.1, 0.15) is 40.0 Å². The SMILES string of the molecule is CC(C)(C)CN1C(O)=C(C(=O)NC2CC2)C(=O)N2NC(Nc3cnc(F)cn3)CC12. The summed E-state index contributed by atoms with van der Waals surface area (Å²) in [5, 5.41) is 18.1. The number of aliphatic hydroxyl groups excluding tert-OH is 1. The minimum absolute atomic E-state index is 0.0531. The summed E-state index contributed by atoms with van der Waals surface area (Å²) in [6.45, 7) is 6.46. The van der Waals surface area contributed by atoms with E-state index in [-0.39, 0.29) is 22.9 Å². The molecule has 2 aliphatic heterocycles. The summed E-state index contributed by atoms with van der Waals surface area (Å²) in [7, 11) is 0. The minimum atomic E-state index is -0.690. The number of aromatic nitrogens is 2. The number of rotatable bonds is 5. The van der Waals surface area contributed by atoms with E-state index < -0.39 is 30.1 Å². The average Bonchev–Trinajstić information content (AvgIpc) is 3.36. The second-order valence-electron chi connectivity index (χ2n) is 9.08. The highest BCUT2D eigenvalue weighted by Gasteiger charge is 2.49. The first-order valence-electron chi connectivity index (χ1n) is 9.97. The van der Waals surface area contributed by atoms with E-state index in [1.807, 2.05) is 20.8 Å². The van der Waals surface area contributed by atoms with E-state index in [1.54, 1.807) is 4.90 Å². The summed E-state index contributed by atoms with van der Waals surface area (Å²) >= 11 is 0. The molecule has 2 atom stereocenters. The molecule has 0 radical (unpaired) electrons. The van der Waals surface area contributed by atoms with Gasteiger partial charge in [0.25, 0.3) is 11.8 Å². The number of carbonyl (C=O) groups is 2. The van der Waals surface area contributed by atoms with Crippen molar-refractivity contribution in [2.45, 2.75) is 58.4 Å². The molecule has 2 unspecified atom stereocenters. The van der Waals surface area contributed by atoms with Crippen LogP contribution in [-0.4, -0.2) is 61.7 Å². The summed E-state index contributed by atoms with van der Waals surface area (Å²) in [6.07, 6.45) is 3.47. The summed E-state index contributed by atoms with van der Waals surface area (Å²) in [5.74, 6) is -1.81. The van der Waals surface area contributed by atoms with Gasteiger partial charge < -0.3 is 20.6 Å². The van der Waals surface area contributed by atoms with Crippen molar-refractivity contribution in [3.63, 3.8) is 0 Å². The number of carbonyl (C=O) groups excluding carboxylic acids is 2. The van der Waals surface area contributed by atoms with Gasteiger partial charge in [-0.1, -0.05) is 20.8 Å². The normalized spacial score (nSPS) is 24.2. The van der Waals surface area contributed by atoms with Crippen LogP contribution in [0.25, 0.3) is 0 Å². The number of hydrogen-bond donors (Lipinski definition) is 4. The van der Waals surface area contributed by atoms with E-state index in [1.165, 1.54) is 11.2 Å². The maximum atomic E-state index is 13.1. The van der Waals surface area contributed by atoms with Crippen LogP contribution in [0, 0.1) is 11.4 Å². The maximum Gasteiger partial charge on any atom is 0.281 e. The molecule has 1 aromatic rings. The highest BCUT2D eigenvalue weighted by Crippen LogP contribution is 2.33. The van der Waals surface area contributed by atoms with Gasteiger partial charge >= 0.3 is 0 Å². The zero-order valence-electron chi connectivity index (χ0n) is 17.1. The fourth-order valence-electron chi connectivity index (χ4n) is 3.62. The Kier molecular flexibility index (Phi) is 5.00. The fourth-order valence-corrected chi connectivity index (χ4v) is 3.62. The molecular formula is C19H26FN7O3. The number of nitrogens with zero attached hydrogens (tertiary/aromatic N) is 4. The lowest BCUT2D eigenvalue weighted by Gasteiger charge is -2.42. The Morgan fingerprint density at radius 2 is 2.07 bits per heavy atom. The highest BCUT2D eigenvalue weighted by atomic mass is 19.1. The highest BCUT2D eigenvalue weighted by molar-refractivity contribution is 6.19. The molecule has 1 saturated heterocycles. The van der Waals surface area contributed by atoms with Crippen LogP contribution in [0.5, 0.6) is 0 Å². The molecule has 2 fully saturated rings. The van der Waals surface area contributed by atoms with Gasteiger partial charge in [0.15, 0.2) is 5.57 Å². The summed E-state index contributed by atoms with van der Waals surface area (Å²) < 4.78 is 13.0. The first-order valence-corrected chi connectivity index (χ1v) is 9.97. The molecule has 2 amide bonds. The van der Waals surface area contributed by atoms with Crippen LogP contribution in [0.4, 0.5) is 10.2 Å². The average molecular weight is 419 g/mol. The van der Waals surface area contributed by atoms with Crippen molar-refractivity contribution < 1.29 is 19.1 Å². The Balaban J connectivity index is 1.59. The lowest BCUT2D eigenvalue weighted by atomic mass is 9.95. The largest absolute Gasteiger partial charge is 0.494 e. The topological polar surface area (TPSA) is 123 Å². The predicted octanol–water partition coefficient (Wildman–Crippen LogP) is 0.827. The number of halogens is 1. The fraction of sp³-hybridized carbons (Fsp3) is 0.579. The van der Waals surface area contributed by atoms with Gasteiger partial charge in [-0.3, -0.25) is 9.59 Å². The minimum Gasteiger partial charge on any atom is -0.494 e. The van der Waals surface area contributed by atoms with Crippen molar-refractivity contribution >= 4 is 17.6 Å². The number of fused-ring (bicyclic) bond motifs is 1. The molecule has 0 spiro atoms. The number of nitrogens with one attached hydrogen (secondary N) is 3. The molecule has 30 heavy (non-hydrogen) atoms. The number of hydrogen-bond acceptors (Lipinski definition) is 8. The van der Waals surface area contributed by atoms with Gasteiger partial charge in [-0.25, -0.2) is 20.4 Å². The van der Waals surface area contributed by atoms with Gasteiger partial charge in [0.1, 0.15) is 12.0 Å². The molecule has 162 valence electrons. The van der Waals surface area contributed by atoms with Crippen LogP contribution >= 0.6 is 0 Å². The number of aliphatic hydroxyl groups is 1. The Bertz CT molecular complexity index is 879. The third-order valence-electron chi connectivity index (χ3n) is 5.05. The molecule has 10 nitrogen and oxygen atoms in total. The van der Waals surface area contributed by atoms with Crippen molar-refractivity contribution in [3.8, 4) is 0 Å². The lowest BCUT2D eigenvalue weighted by molar-refractivity contribution is -0.142. The predicted molar refractivity (Wildman–Crippen MR) is 105 cm³/mol. The second-order valence-corrected chi connectivity index (χ2v) is 9.08. The number of hydrazine groups is 1. The molecule has 3 aliphatic rings. The molecule has 3 heterocycles. The van der Waals surface area contributed by atoms with Gasteiger partial charge in [0.2, 0.25) is 11.8 Å². The Morgan fingerprint density at radius 1 is 1.33 bits per heavy atom. The van der Waals surface area contributed by atoms with Crippen LogP contribution in [0.2, 0.25) is 0 Å². The van der Waals surface area contributed by atoms with Crippen molar-refractivity contribution in [2.24, 2.45) is 5.41 Å². The molecular weight excluding hydrogens is 393 g/mol. The van der Waals surface area contributed by atoms with E-state index >= 15 is 0 Å². The van der Waals surface area contributed by atoms with E-state index in [0.29, 0.717) is 18.8 Å². The molecule has 1 saturated carbocycles. The third kappa shape index (κ3) is 4.16. The first kappa shape index (κ1) is 20.3. The molecule has 1 aliphatic carbocycles. The Morgan fingerprint density at radius 3 is 2.67 bits per heavy atom. The standard InChI is InChI=1S/C19H26FN7O3/c1-19(2,3)9-26-14-6-12(24-13-8-21-11(20)7-22-13)25-27(14)18(30)15(17(26)29)16(28)23-10-4-5-10/h7-8,10,12,14,25,29H,4-6,9H2,1-3H3,(H,22,24)(H,23,28). The van der Waals surface area contributed by atoms with Gasteiger partial charge in [-0.2, -0.15) is 4.39 Å². The van der Waals surface area contributed by atoms with Crippen molar-refractivity contribution in [2.75, 3.05) is 11.9 Å². The Hall–Kier alpha value is -2.95. The molecule has 4 rings (SSSR count). The summed E-state index contributed by atoms with van der Waals surface area (Å²) in [6, 6.07) is 0.0531. The molecule has 0 aromatic carbocycles. The van der Waals surface area contributed by atoms with E-state index in [9.17, 15) is 19.1 Å². The monoisotopic (exact) mass is 419 g/mol. The van der Waals surface area contributed by atoms with Gasteiger partial charge in [-0.15, -0.1) is 0 Å². The van der Waals surface area contributed by atoms with Crippen LogP contribution < -0.4 is 16.1 Å². The number of amides is 2. The number of anilines is 1. The van der Waals surface area contributed by atoms with Gasteiger partial charge in [-0.05, 0) is 18.3 Å². The summed E-state index contributed by atoms with van der Waals surface area (Å²) in [5.41, 5.74) is 2.57. The molecule has 0 bridgehead atoms. The van der Waals surface area contributed by atoms with Crippen molar-refractivity contribution in [3.05, 3.63) is 29.8 Å². The van der Waals surface area contributed by atoms with Crippen LogP contribution in [-0.2, 0) is 9.59 Å². The van der Waals surface area contributed by atoms with E-state index in [4.69, 9.17) is 0 Å². The van der Waals surface area contributed by atoms with E-state index in [0.717, 1.165) is 19.0 Å². The van der Waals surface area contributed by atoms with Gasteiger partial charge in [0, 0.05) is 19.0 Å². The van der Waals surface area contributed by atoms with Crippen LogP contribution in [0.15, 0.2) is 23.8 Å². The third-order valence-corrected chi connectivity index (χ3v) is 5.05. The quantitative estimate of drug-likeness (QED) is 0.518. The molecule has 11 heteroatoms. The second kappa shape index (κ2) is 7.38. The van der Waals surface area contributed by atoms with Crippen LogP contribution in [0.3, 0.4) is 0 Å². The van der Waals surface area contributed by atoms with Gasteiger partial charge in [0.05, 0.1) is 18.6 Å².